The van der Waals surface area contributed by atoms with Gasteiger partial charge in [-0.3, -0.25) is 4.79 Å². The molecular weight excluding hydrogens is 442 g/mol. The number of rotatable bonds is 16. The molecule has 7 heteroatoms. The number of aryl methyl sites for hydroxylation is 2. The van der Waals surface area contributed by atoms with Gasteiger partial charge in [-0.25, -0.2) is 4.98 Å². The predicted octanol–water partition coefficient (Wildman–Crippen LogP) is 4.72. The normalized spacial score (nSPS) is 10.9. The average Bonchev–Trinajstić information content (AvgIpc) is 3.22. The van der Waals surface area contributed by atoms with Gasteiger partial charge in [0.1, 0.15) is 12.4 Å². The summed E-state index contributed by atoms with van der Waals surface area (Å²) in [6, 6.07) is 14.3. The van der Waals surface area contributed by atoms with Gasteiger partial charge in [0.2, 0.25) is 5.91 Å². The Bertz CT molecular complexity index is 1090. The van der Waals surface area contributed by atoms with E-state index < -0.39 is 0 Å². The molecule has 0 unspecified atom stereocenters. The number of unbranched alkanes of at least 4 members (excludes halogenated alkanes) is 2. The molecule has 3 rings (SSSR count). The van der Waals surface area contributed by atoms with E-state index in [2.05, 4.69) is 34.7 Å². The monoisotopic (exact) mass is 479 g/mol. The van der Waals surface area contributed by atoms with Gasteiger partial charge in [0.05, 0.1) is 24.8 Å². The van der Waals surface area contributed by atoms with Gasteiger partial charge in [0.25, 0.3) is 0 Å². The summed E-state index contributed by atoms with van der Waals surface area (Å²) in [6.07, 6.45) is 7.43. The number of aromatic nitrogens is 2. The molecule has 188 valence electrons. The molecular formula is C28H37N3O4. The van der Waals surface area contributed by atoms with Crippen LogP contribution in [0.5, 0.6) is 11.5 Å². The number of carbonyl (C=O) groups is 1. The first-order chi connectivity index (χ1) is 17.2. The number of amides is 1. The third-order valence-corrected chi connectivity index (χ3v) is 5.80. The molecule has 1 heterocycles. The highest BCUT2D eigenvalue weighted by atomic mass is 16.5. The van der Waals surface area contributed by atoms with Gasteiger partial charge in [-0.05, 0) is 55.5 Å². The first-order valence-corrected chi connectivity index (χ1v) is 12.3. The fourth-order valence-electron chi connectivity index (χ4n) is 4.09. The molecule has 0 saturated carbocycles. The van der Waals surface area contributed by atoms with Crippen molar-refractivity contribution in [3.05, 3.63) is 66.5 Å². The highest BCUT2D eigenvalue weighted by Crippen LogP contribution is 2.28. The molecule has 0 radical (unpaired) electrons. The zero-order valence-electron chi connectivity index (χ0n) is 20.9. The van der Waals surface area contributed by atoms with Crippen molar-refractivity contribution >= 4 is 16.9 Å². The van der Waals surface area contributed by atoms with Crippen LogP contribution in [-0.2, 0) is 28.9 Å². The third-order valence-electron chi connectivity index (χ3n) is 5.80. The number of fused-ring (bicyclic) bond motifs is 1. The van der Waals surface area contributed by atoms with Crippen LogP contribution in [0.3, 0.4) is 0 Å². The van der Waals surface area contributed by atoms with E-state index in [4.69, 9.17) is 19.2 Å². The SMILES string of the molecule is C=CCc1ccc(OCCCn2c(CCCCCNC(=O)COC)nc3ccccc32)c(OC)c1. The lowest BCUT2D eigenvalue weighted by Crippen LogP contribution is -2.27. The molecule has 0 saturated heterocycles. The van der Waals surface area contributed by atoms with Gasteiger partial charge in [0.15, 0.2) is 11.5 Å². The van der Waals surface area contributed by atoms with Crippen LogP contribution >= 0.6 is 0 Å². The summed E-state index contributed by atoms with van der Waals surface area (Å²) in [5, 5.41) is 2.87. The number of benzene rings is 2. The minimum absolute atomic E-state index is 0.0677. The van der Waals surface area contributed by atoms with Gasteiger partial charge in [-0.1, -0.05) is 30.7 Å². The number of nitrogens with zero attached hydrogens (tertiary/aromatic N) is 2. The smallest absolute Gasteiger partial charge is 0.245 e. The molecule has 0 aliphatic rings. The molecule has 35 heavy (non-hydrogen) atoms. The van der Waals surface area contributed by atoms with Crippen LogP contribution in [0.15, 0.2) is 55.1 Å². The van der Waals surface area contributed by atoms with Crippen LogP contribution in [0, 0.1) is 0 Å². The lowest BCUT2D eigenvalue weighted by atomic mass is 10.1. The number of hydrogen-bond donors (Lipinski definition) is 1. The maximum Gasteiger partial charge on any atom is 0.245 e. The van der Waals surface area contributed by atoms with Crippen molar-refractivity contribution in [3.63, 3.8) is 0 Å². The van der Waals surface area contributed by atoms with E-state index in [9.17, 15) is 4.79 Å². The molecule has 7 nitrogen and oxygen atoms in total. The van der Waals surface area contributed by atoms with E-state index >= 15 is 0 Å². The van der Waals surface area contributed by atoms with Crippen LogP contribution in [0.4, 0.5) is 0 Å². The van der Waals surface area contributed by atoms with Crippen LogP contribution in [-0.4, -0.2) is 49.4 Å². The molecule has 1 amide bonds. The Morgan fingerprint density at radius 3 is 2.74 bits per heavy atom. The number of ether oxygens (including phenoxy) is 3. The van der Waals surface area contributed by atoms with Crippen molar-refractivity contribution in [2.24, 2.45) is 0 Å². The van der Waals surface area contributed by atoms with Crippen molar-refractivity contribution in [3.8, 4) is 11.5 Å². The van der Waals surface area contributed by atoms with E-state index in [1.165, 1.54) is 7.11 Å². The lowest BCUT2D eigenvalue weighted by molar-refractivity contribution is -0.124. The maximum absolute atomic E-state index is 11.5. The fourth-order valence-corrected chi connectivity index (χ4v) is 4.09. The number of para-hydroxylation sites is 2. The van der Waals surface area contributed by atoms with Gasteiger partial charge >= 0.3 is 0 Å². The topological polar surface area (TPSA) is 74.6 Å². The van der Waals surface area contributed by atoms with Gasteiger partial charge in [-0.15, -0.1) is 6.58 Å². The third kappa shape index (κ3) is 7.86. The van der Waals surface area contributed by atoms with Crippen LogP contribution in [0.1, 0.15) is 37.1 Å². The van der Waals surface area contributed by atoms with E-state index in [1.54, 1.807) is 7.11 Å². The van der Waals surface area contributed by atoms with Gasteiger partial charge in [0, 0.05) is 26.6 Å². The summed E-state index contributed by atoms with van der Waals surface area (Å²) in [6.45, 7) is 6.00. The fraction of sp³-hybridized carbons (Fsp3) is 0.429. The quantitative estimate of drug-likeness (QED) is 0.238. The molecule has 1 aromatic heterocycles. The Balaban J connectivity index is 1.52. The Hall–Kier alpha value is -3.32. The Morgan fingerprint density at radius 1 is 1.09 bits per heavy atom. The predicted molar refractivity (Wildman–Crippen MR) is 139 cm³/mol. The Morgan fingerprint density at radius 2 is 1.94 bits per heavy atom. The molecule has 3 aromatic rings. The number of imidazole rings is 1. The number of hydrogen-bond acceptors (Lipinski definition) is 5. The molecule has 0 fully saturated rings. The summed E-state index contributed by atoms with van der Waals surface area (Å²) >= 11 is 0. The second-order valence-electron chi connectivity index (χ2n) is 8.44. The van der Waals surface area contributed by atoms with E-state index in [-0.39, 0.29) is 12.5 Å². The first-order valence-electron chi connectivity index (χ1n) is 12.3. The van der Waals surface area contributed by atoms with Crippen molar-refractivity contribution in [2.75, 3.05) is 34.0 Å². The van der Waals surface area contributed by atoms with Crippen LogP contribution in [0.25, 0.3) is 11.0 Å². The average molecular weight is 480 g/mol. The van der Waals surface area contributed by atoms with Crippen molar-refractivity contribution in [1.82, 2.24) is 14.9 Å². The number of nitrogens with one attached hydrogen (secondary N) is 1. The highest BCUT2D eigenvalue weighted by Gasteiger charge is 2.11. The highest BCUT2D eigenvalue weighted by molar-refractivity contribution is 5.77. The number of allylic oxidation sites excluding steroid dienone is 1. The Labute approximate surface area is 208 Å². The summed E-state index contributed by atoms with van der Waals surface area (Å²) in [5.74, 6) is 2.54. The van der Waals surface area contributed by atoms with Crippen molar-refractivity contribution in [2.45, 2.75) is 45.1 Å². The van der Waals surface area contributed by atoms with E-state index in [0.29, 0.717) is 13.2 Å². The van der Waals surface area contributed by atoms with Crippen molar-refractivity contribution < 1.29 is 19.0 Å². The van der Waals surface area contributed by atoms with Crippen LogP contribution in [0.2, 0.25) is 0 Å². The number of carbonyl (C=O) groups excluding carboxylic acids is 1. The van der Waals surface area contributed by atoms with E-state index in [1.807, 2.05) is 30.3 Å². The van der Waals surface area contributed by atoms with Crippen LogP contribution < -0.4 is 14.8 Å². The largest absolute Gasteiger partial charge is 0.493 e. The minimum Gasteiger partial charge on any atom is -0.493 e. The summed E-state index contributed by atoms with van der Waals surface area (Å²) in [4.78, 5) is 16.3. The zero-order valence-corrected chi connectivity index (χ0v) is 20.9. The van der Waals surface area contributed by atoms with Gasteiger partial charge < -0.3 is 24.1 Å². The molecule has 0 aliphatic carbocycles. The summed E-state index contributed by atoms with van der Waals surface area (Å²) in [5.41, 5.74) is 3.33. The summed E-state index contributed by atoms with van der Waals surface area (Å²) in [7, 11) is 3.19. The summed E-state index contributed by atoms with van der Waals surface area (Å²) < 4.78 is 18.7. The molecule has 0 spiro atoms. The Kier molecular flexibility index (Phi) is 10.6. The molecule has 1 N–H and O–H groups in total. The minimum atomic E-state index is -0.0677. The molecule has 0 atom stereocenters. The van der Waals surface area contributed by atoms with Crippen molar-refractivity contribution in [1.29, 1.82) is 0 Å². The second kappa shape index (κ2) is 14.2. The van der Waals surface area contributed by atoms with E-state index in [0.717, 1.165) is 79.0 Å². The molecule has 0 aliphatic heterocycles. The standard InChI is InChI=1S/C28H37N3O4/c1-4-11-22-15-16-25(26(20-22)34-3)35-19-10-18-31-24-13-8-7-12-23(24)30-27(31)14-6-5-9-17-29-28(32)21-33-2/h4,7-8,12-13,15-16,20H,1,5-6,9-11,14,17-19,21H2,2-3H3,(H,29,32). The second-order valence-corrected chi connectivity index (χ2v) is 8.44. The maximum atomic E-state index is 11.5. The lowest BCUT2D eigenvalue weighted by Gasteiger charge is -2.13. The van der Waals surface area contributed by atoms with Gasteiger partial charge in [-0.2, -0.15) is 0 Å². The molecule has 2 aromatic carbocycles. The zero-order chi connectivity index (χ0) is 24.9. The first kappa shape index (κ1) is 26.3. The molecule has 0 bridgehead atoms. The number of methoxy groups -OCH3 is 2.